The molecule has 2 aromatic rings. The fourth-order valence-electron chi connectivity index (χ4n) is 2.04. The molecule has 2 rings (SSSR count). The average molecular weight is 322 g/mol. The number of nitrogens with zero attached hydrogens (tertiary/aromatic N) is 1. The van der Waals surface area contributed by atoms with Gasteiger partial charge in [0.2, 0.25) is 5.91 Å². The number of nitrogens with two attached hydrogens (primary N) is 1. The van der Waals surface area contributed by atoms with Crippen molar-refractivity contribution in [2.24, 2.45) is 0 Å². The lowest BCUT2D eigenvalue weighted by atomic mass is 9.97. The van der Waals surface area contributed by atoms with Gasteiger partial charge in [-0.2, -0.15) is 0 Å². The molecule has 0 radical (unpaired) electrons. The zero-order valence-electron chi connectivity index (χ0n) is 12.6. The van der Waals surface area contributed by atoms with Gasteiger partial charge in [0.05, 0.1) is 19.0 Å². The number of nitrogen functional groups attached to an aromatic ring is 1. The first-order valence-electron chi connectivity index (χ1n) is 6.74. The third-order valence-corrected chi connectivity index (χ3v) is 3.22. The molecule has 118 valence electrons. The van der Waals surface area contributed by atoms with Gasteiger partial charge in [0.25, 0.3) is 0 Å². The molecule has 1 aromatic heterocycles. The number of anilines is 2. The Morgan fingerprint density at radius 3 is 2.77 bits per heavy atom. The highest BCUT2D eigenvalue weighted by Gasteiger charge is 2.12. The van der Waals surface area contributed by atoms with Gasteiger partial charge in [0.1, 0.15) is 11.6 Å². The number of carbonyl (C=O) groups excluding carboxylic acids is 1. The molecular formula is C16H20ClN3O2. The van der Waals surface area contributed by atoms with Crippen LogP contribution >= 0.6 is 12.4 Å². The number of carbonyl (C=O) groups is 1. The van der Waals surface area contributed by atoms with E-state index in [1.54, 1.807) is 25.4 Å². The van der Waals surface area contributed by atoms with Crippen molar-refractivity contribution in [3.05, 3.63) is 48.2 Å². The van der Waals surface area contributed by atoms with E-state index in [1.165, 1.54) is 0 Å². The van der Waals surface area contributed by atoms with Crippen molar-refractivity contribution in [1.82, 2.24) is 4.98 Å². The maximum atomic E-state index is 12.0. The molecule has 0 aliphatic rings. The lowest BCUT2D eigenvalue weighted by Gasteiger charge is -2.13. The Labute approximate surface area is 136 Å². The fourth-order valence-corrected chi connectivity index (χ4v) is 2.04. The van der Waals surface area contributed by atoms with Crippen molar-refractivity contribution in [3.63, 3.8) is 0 Å². The summed E-state index contributed by atoms with van der Waals surface area (Å²) in [7, 11) is 1.63. The summed E-state index contributed by atoms with van der Waals surface area (Å²) in [5.41, 5.74) is 7.22. The van der Waals surface area contributed by atoms with Crippen LogP contribution in [0.4, 0.5) is 11.5 Å². The molecule has 1 aromatic carbocycles. The second kappa shape index (κ2) is 8.24. The molecule has 0 aliphatic heterocycles. The summed E-state index contributed by atoms with van der Waals surface area (Å²) in [4.78, 5) is 16.0. The summed E-state index contributed by atoms with van der Waals surface area (Å²) in [6.45, 7) is 2.01. The molecule has 0 saturated carbocycles. The van der Waals surface area contributed by atoms with Gasteiger partial charge in [-0.3, -0.25) is 4.79 Å². The first-order valence-corrected chi connectivity index (χ1v) is 6.74. The minimum absolute atomic E-state index is 0. The molecule has 0 fully saturated rings. The third-order valence-electron chi connectivity index (χ3n) is 3.22. The first-order chi connectivity index (χ1) is 10.1. The monoisotopic (exact) mass is 321 g/mol. The molecule has 5 nitrogen and oxygen atoms in total. The second-order valence-corrected chi connectivity index (χ2v) is 4.90. The minimum atomic E-state index is -0.0584. The van der Waals surface area contributed by atoms with Crippen LogP contribution in [0.15, 0.2) is 42.6 Å². The topological polar surface area (TPSA) is 77.2 Å². The van der Waals surface area contributed by atoms with E-state index in [0.717, 1.165) is 11.3 Å². The zero-order chi connectivity index (χ0) is 15.2. The first kappa shape index (κ1) is 17.8. The maximum Gasteiger partial charge on any atom is 0.225 e. The smallest absolute Gasteiger partial charge is 0.225 e. The Kier molecular flexibility index (Phi) is 6.66. The van der Waals surface area contributed by atoms with Crippen molar-refractivity contribution < 1.29 is 9.53 Å². The number of aromatic nitrogens is 1. The average Bonchev–Trinajstić information content (AvgIpc) is 2.49. The standard InChI is InChI=1S/C16H19N3O2.ClH/c1-11(12-4-3-5-14(9-12)21-2)8-16(20)19-13-6-7-15(17)18-10-13;/h3-7,9-11H,8H2,1-2H3,(H2,17,18)(H,19,20);1H. The summed E-state index contributed by atoms with van der Waals surface area (Å²) >= 11 is 0. The molecule has 3 N–H and O–H groups in total. The van der Waals surface area contributed by atoms with Crippen molar-refractivity contribution in [2.45, 2.75) is 19.3 Å². The Morgan fingerprint density at radius 1 is 1.36 bits per heavy atom. The van der Waals surface area contributed by atoms with E-state index >= 15 is 0 Å². The van der Waals surface area contributed by atoms with Crippen LogP contribution in [0.2, 0.25) is 0 Å². The van der Waals surface area contributed by atoms with Gasteiger partial charge in [-0.05, 0) is 35.7 Å². The van der Waals surface area contributed by atoms with Crippen LogP contribution in [0.25, 0.3) is 0 Å². The second-order valence-electron chi connectivity index (χ2n) is 4.90. The molecule has 6 heteroatoms. The van der Waals surface area contributed by atoms with Crippen LogP contribution in [0, 0.1) is 0 Å². The quantitative estimate of drug-likeness (QED) is 0.886. The third kappa shape index (κ3) is 4.93. The number of rotatable bonds is 5. The van der Waals surface area contributed by atoms with E-state index in [0.29, 0.717) is 17.9 Å². The number of nitrogens with one attached hydrogen (secondary N) is 1. The number of hydrogen-bond acceptors (Lipinski definition) is 4. The number of hydrogen-bond donors (Lipinski definition) is 2. The minimum Gasteiger partial charge on any atom is -0.497 e. The molecule has 0 saturated heterocycles. The summed E-state index contributed by atoms with van der Waals surface area (Å²) in [6.07, 6.45) is 1.93. The normalized spacial score (nSPS) is 11.2. The van der Waals surface area contributed by atoms with Gasteiger partial charge in [-0.25, -0.2) is 4.98 Å². The fraction of sp³-hybridized carbons (Fsp3) is 0.250. The largest absolute Gasteiger partial charge is 0.497 e. The molecule has 0 aliphatic carbocycles. The van der Waals surface area contributed by atoms with E-state index in [9.17, 15) is 4.79 Å². The number of amides is 1. The molecular weight excluding hydrogens is 302 g/mol. The van der Waals surface area contributed by atoms with Crippen LogP contribution in [0.5, 0.6) is 5.75 Å². The van der Waals surface area contributed by atoms with Gasteiger partial charge >= 0.3 is 0 Å². The highest BCUT2D eigenvalue weighted by atomic mass is 35.5. The van der Waals surface area contributed by atoms with Gasteiger partial charge in [0.15, 0.2) is 0 Å². The number of ether oxygens (including phenoxy) is 1. The Balaban J connectivity index is 0.00000242. The molecule has 1 atom stereocenters. The van der Waals surface area contributed by atoms with Crippen molar-refractivity contribution in [1.29, 1.82) is 0 Å². The number of pyridine rings is 1. The Morgan fingerprint density at radius 2 is 2.14 bits per heavy atom. The van der Waals surface area contributed by atoms with Crippen LogP contribution in [-0.4, -0.2) is 18.0 Å². The highest BCUT2D eigenvalue weighted by Crippen LogP contribution is 2.23. The van der Waals surface area contributed by atoms with Gasteiger partial charge < -0.3 is 15.8 Å². The predicted molar refractivity (Wildman–Crippen MR) is 90.6 cm³/mol. The number of methoxy groups -OCH3 is 1. The molecule has 1 heterocycles. The molecule has 1 unspecified atom stereocenters. The Hall–Kier alpha value is -2.27. The lowest BCUT2D eigenvalue weighted by Crippen LogP contribution is -2.14. The number of benzene rings is 1. The zero-order valence-corrected chi connectivity index (χ0v) is 13.4. The van der Waals surface area contributed by atoms with Gasteiger partial charge in [-0.15, -0.1) is 12.4 Å². The van der Waals surface area contributed by atoms with E-state index in [1.807, 2.05) is 31.2 Å². The van der Waals surface area contributed by atoms with E-state index in [4.69, 9.17) is 10.5 Å². The van der Waals surface area contributed by atoms with Gasteiger partial charge in [0, 0.05) is 6.42 Å². The van der Waals surface area contributed by atoms with Gasteiger partial charge in [-0.1, -0.05) is 19.1 Å². The van der Waals surface area contributed by atoms with Crippen LogP contribution in [0.3, 0.4) is 0 Å². The summed E-state index contributed by atoms with van der Waals surface area (Å²) in [6, 6.07) is 11.1. The van der Waals surface area contributed by atoms with Crippen LogP contribution in [0.1, 0.15) is 24.8 Å². The number of halogens is 1. The highest BCUT2D eigenvalue weighted by molar-refractivity contribution is 5.91. The predicted octanol–water partition coefficient (Wildman–Crippen LogP) is 3.23. The molecule has 22 heavy (non-hydrogen) atoms. The Bertz CT molecular complexity index is 617. The molecule has 1 amide bonds. The summed E-state index contributed by atoms with van der Waals surface area (Å²) in [5.74, 6) is 1.26. The van der Waals surface area contributed by atoms with Crippen molar-refractivity contribution in [3.8, 4) is 5.75 Å². The van der Waals surface area contributed by atoms with E-state index in [-0.39, 0.29) is 24.2 Å². The summed E-state index contributed by atoms with van der Waals surface area (Å²) < 4.78 is 5.20. The van der Waals surface area contributed by atoms with Crippen LogP contribution < -0.4 is 15.8 Å². The van der Waals surface area contributed by atoms with E-state index < -0.39 is 0 Å². The SMILES string of the molecule is COc1cccc(C(C)CC(=O)Nc2ccc(N)nc2)c1.Cl. The van der Waals surface area contributed by atoms with E-state index in [2.05, 4.69) is 10.3 Å². The van der Waals surface area contributed by atoms with Crippen molar-refractivity contribution in [2.75, 3.05) is 18.2 Å². The molecule has 0 spiro atoms. The van der Waals surface area contributed by atoms with Crippen LogP contribution in [-0.2, 0) is 4.79 Å². The van der Waals surface area contributed by atoms with Crippen molar-refractivity contribution >= 4 is 29.8 Å². The summed E-state index contributed by atoms with van der Waals surface area (Å²) in [5, 5.41) is 2.81. The lowest BCUT2D eigenvalue weighted by molar-refractivity contribution is -0.116. The maximum absolute atomic E-state index is 12.0. The molecule has 0 bridgehead atoms.